The van der Waals surface area contributed by atoms with Gasteiger partial charge in [-0.1, -0.05) is 42.8 Å². The maximum atomic E-state index is 6.10. The molecule has 1 nitrogen and oxygen atoms in total. The molecule has 0 bridgehead atoms. The molecule has 2 aromatic rings. The van der Waals surface area contributed by atoms with Gasteiger partial charge in [0.05, 0.1) is 0 Å². The van der Waals surface area contributed by atoms with E-state index in [1.165, 1.54) is 10.9 Å². The molecule has 0 aliphatic carbocycles. The predicted molar refractivity (Wildman–Crippen MR) is 60.9 cm³/mol. The second kappa shape index (κ2) is 3.58. The zero-order chi connectivity index (χ0) is 10.1. The van der Waals surface area contributed by atoms with E-state index < -0.39 is 0 Å². The van der Waals surface area contributed by atoms with E-state index in [1.807, 2.05) is 18.2 Å². The molecule has 0 saturated heterocycles. The molecule has 0 spiro atoms. The summed E-state index contributed by atoms with van der Waals surface area (Å²) in [6.07, 6.45) is 0.927. The largest absolute Gasteiger partial charge is 0.240 e. The fourth-order valence-corrected chi connectivity index (χ4v) is 2.02. The van der Waals surface area contributed by atoms with E-state index in [9.17, 15) is 0 Å². The number of benzene rings is 1. The lowest BCUT2D eigenvalue weighted by Gasteiger charge is -2.08. The highest BCUT2D eigenvalue weighted by Gasteiger charge is 2.06. The fraction of sp³-hybridized carbons (Fsp3) is 0.250. The van der Waals surface area contributed by atoms with Crippen LogP contribution >= 0.6 is 11.6 Å². The summed E-state index contributed by atoms with van der Waals surface area (Å²) < 4.78 is 0. The molecule has 0 aliphatic rings. The third-order valence-electron chi connectivity index (χ3n) is 2.55. The van der Waals surface area contributed by atoms with Crippen molar-refractivity contribution in [3.05, 3.63) is 40.7 Å². The number of hydrogen-bond acceptors (Lipinski definition) is 1. The Bertz CT molecular complexity index is 477. The van der Waals surface area contributed by atoms with Crippen LogP contribution in [-0.2, 0) is 6.42 Å². The summed E-state index contributed by atoms with van der Waals surface area (Å²) in [7, 11) is 0. The predicted octanol–water partition coefficient (Wildman–Crippen LogP) is 3.76. The molecule has 1 aromatic carbocycles. The van der Waals surface area contributed by atoms with Gasteiger partial charge in [-0.15, -0.1) is 0 Å². The fourth-order valence-electron chi connectivity index (χ4n) is 1.75. The van der Waals surface area contributed by atoms with Gasteiger partial charge in [-0.05, 0) is 24.3 Å². The molecule has 72 valence electrons. The molecule has 1 aromatic heterocycles. The molecule has 14 heavy (non-hydrogen) atoms. The van der Waals surface area contributed by atoms with Crippen LogP contribution in [0.5, 0.6) is 0 Å². The van der Waals surface area contributed by atoms with Gasteiger partial charge < -0.3 is 0 Å². The van der Waals surface area contributed by atoms with Gasteiger partial charge in [-0.3, -0.25) is 0 Å². The zero-order valence-corrected chi connectivity index (χ0v) is 9.10. The van der Waals surface area contributed by atoms with Crippen molar-refractivity contribution in [2.45, 2.75) is 20.3 Å². The van der Waals surface area contributed by atoms with Crippen LogP contribution in [0.4, 0.5) is 0 Å². The lowest BCUT2D eigenvalue weighted by Crippen LogP contribution is -1.94. The van der Waals surface area contributed by atoms with Gasteiger partial charge >= 0.3 is 0 Å². The van der Waals surface area contributed by atoms with Crippen molar-refractivity contribution in [3.63, 3.8) is 0 Å². The van der Waals surface area contributed by atoms with Gasteiger partial charge in [0.1, 0.15) is 5.15 Å². The number of nitrogens with zero attached hydrogens (tertiary/aromatic N) is 1. The van der Waals surface area contributed by atoms with Crippen molar-refractivity contribution >= 4 is 22.4 Å². The number of aromatic nitrogens is 1. The first-order valence-corrected chi connectivity index (χ1v) is 5.15. The van der Waals surface area contributed by atoms with E-state index in [0.29, 0.717) is 5.15 Å². The van der Waals surface area contributed by atoms with Gasteiger partial charge in [0, 0.05) is 11.1 Å². The molecule has 0 saturated carbocycles. The minimum absolute atomic E-state index is 0.614. The Morgan fingerprint density at radius 1 is 1.21 bits per heavy atom. The van der Waals surface area contributed by atoms with Crippen molar-refractivity contribution < 1.29 is 0 Å². The average molecular weight is 206 g/mol. The summed E-state index contributed by atoms with van der Waals surface area (Å²) in [5.74, 6) is 0. The molecule has 0 aliphatic heterocycles. The molecule has 0 amide bonds. The van der Waals surface area contributed by atoms with E-state index >= 15 is 0 Å². The van der Waals surface area contributed by atoms with Gasteiger partial charge in [0.25, 0.3) is 0 Å². The highest BCUT2D eigenvalue weighted by molar-refractivity contribution is 6.34. The number of halogens is 1. The maximum Gasteiger partial charge on any atom is 0.137 e. The summed E-state index contributed by atoms with van der Waals surface area (Å²) in [6.45, 7) is 4.20. The van der Waals surface area contributed by atoms with Crippen molar-refractivity contribution in [3.8, 4) is 0 Å². The molecule has 0 unspecified atom stereocenters. The number of hydrogen-bond donors (Lipinski definition) is 0. The van der Waals surface area contributed by atoms with Gasteiger partial charge in [0.2, 0.25) is 0 Å². The quantitative estimate of drug-likeness (QED) is 0.646. The monoisotopic (exact) mass is 205 g/mol. The maximum absolute atomic E-state index is 6.10. The van der Waals surface area contributed by atoms with Crippen molar-refractivity contribution in [1.82, 2.24) is 4.98 Å². The van der Waals surface area contributed by atoms with E-state index in [2.05, 4.69) is 24.9 Å². The molecular formula is C12H12ClN. The smallest absolute Gasteiger partial charge is 0.137 e. The Kier molecular flexibility index (Phi) is 2.42. The van der Waals surface area contributed by atoms with Crippen LogP contribution in [0.1, 0.15) is 18.2 Å². The third kappa shape index (κ3) is 1.38. The lowest BCUT2D eigenvalue weighted by atomic mass is 10.0. The summed E-state index contributed by atoms with van der Waals surface area (Å²) in [5.41, 5.74) is 2.33. The minimum Gasteiger partial charge on any atom is -0.240 e. The molecular weight excluding hydrogens is 194 g/mol. The summed E-state index contributed by atoms with van der Waals surface area (Å²) >= 11 is 6.10. The van der Waals surface area contributed by atoms with Crippen molar-refractivity contribution in [2.75, 3.05) is 0 Å². The SMILES string of the molecule is CCc1nc(Cl)c2ccccc2c1C. The van der Waals surface area contributed by atoms with Crippen LogP contribution in [0.15, 0.2) is 24.3 Å². The van der Waals surface area contributed by atoms with Crippen molar-refractivity contribution in [1.29, 1.82) is 0 Å². The number of aryl methyl sites for hydroxylation is 2. The van der Waals surface area contributed by atoms with Gasteiger partial charge in [0.15, 0.2) is 0 Å². The van der Waals surface area contributed by atoms with Crippen LogP contribution in [0.25, 0.3) is 10.8 Å². The molecule has 0 radical (unpaired) electrons. The Hall–Kier alpha value is -1.08. The van der Waals surface area contributed by atoms with Crippen LogP contribution in [0, 0.1) is 6.92 Å². The van der Waals surface area contributed by atoms with E-state index in [0.717, 1.165) is 17.5 Å². The van der Waals surface area contributed by atoms with E-state index in [-0.39, 0.29) is 0 Å². The molecule has 0 N–H and O–H groups in total. The molecule has 1 heterocycles. The second-order valence-corrected chi connectivity index (χ2v) is 3.73. The zero-order valence-electron chi connectivity index (χ0n) is 8.34. The van der Waals surface area contributed by atoms with E-state index in [1.54, 1.807) is 0 Å². The van der Waals surface area contributed by atoms with Crippen LogP contribution in [0.3, 0.4) is 0 Å². The second-order valence-electron chi connectivity index (χ2n) is 3.37. The summed E-state index contributed by atoms with van der Waals surface area (Å²) in [5, 5.41) is 2.87. The first-order valence-electron chi connectivity index (χ1n) is 4.77. The molecule has 0 fully saturated rings. The minimum atomic E-state index is 0.614. The van der Waals surface area contributed by atoms with Gasteiger partial charge in [-0.2, -0.15) is 0 Å². The van der Waals surface area contributed by atoms with E-state index in [4.69, 9.17) is 11.6 Å². The standard InChI is InChI=1S/C12H12ClN/c1-3-11-8(2)9-6-4-5-7-10(9)12(13)14-11/h4-7H,3H2,1-2H3. The van der Waals surface area contributed by atoms with Crippen LogP contribution in [-0.4, -0.2) is 4.98 Å². The Morgan fingerprint density at radius 2 is 1.86 bits per heavy atom. The summed E-state index contributed by atoms with van der Waals surface area (Å²) in [4.78, 5) is 4.38. The highest BCUT2D eigenvalue weighted by atomic mass is 35.5. The molecule has 0 atom stereocenters. The molecule has 2 heteroatoms. The van der Waals surface area contributed by atoms with Crippen molar-refractivity contribution in [2.24, 2.45) is 0 Å². The Labute approximate surface area is 88.7 Å². The van der Waals surface area contributed by atoms with Crippen LogP contribution < -0.4 is 0 Å². The third-order valence-corrected chi connectivity index (χ3v) is 2.84. The number of pyridine rings is 1. The highest BCUT2D eigenvalue weighted by Crippen LogP contribution is 2.26. The first-order chi connectivity index (χ1) is 6.74. The number of rotatable bonds is 1. The van der Waals surface area contributed by atoms with Gasteiger partial charge in [-0.25, -0.2) is 4.98 Å². The number of fused-ring (bicyclic) bond motifs is 1. The summed E-state index contributed by atoms with van der Waals surface area (Å²) in [6, 6.07) is 8.13. The normalized spacial score (nSPS) is 10.8. The Balaban J connectivity index is 2.87. The lowest BCUT2D eigenvalue weighted by molar-refractivity contribution is 1.02. The topological polar surface area (TPSA) is 12.9 Å². The Morgan fingerprint density at radius 3 is 2.50 bits per heavy atom. The first kappa shape index (κ1) is 9.47. The van der Waals surface area contributed by atoms with Crippen LogP contribution in [0.2, 0.25) is 5.15 Å². The average Bonchev–Trinajstić information content (AvgIpc) is 2.23. The molecule has 2 rings (SSSR count).